The molecule has 11 nitrogen and oxygen atoms in total. The molecule has 1 aromatic carbocycles. The number of nitrogens with one attached hydrogen (secondary N) is 1. The van der Waals surface area contributed by atoms with E-state index in [1.807, 2.05) is 32.0 Å². The number of rotatable bonds is 3. The van der Waals surface area contributed by atoms with Crippen molar-refractivity contribution in [1.29, 1.82) is 0 Å². The summed E-state index contributed by atoms with van der Waals surface area (Å²) in [5, 5.41) is 22.9. The number of aromatic nitrogens is 6. The molecule has 6 rings (SSSR count). The first-order chi connectivity index (χ1) is 15.5. The summed E-state index contributed by atoms with van der Waals surface area (Å²) in [7, 11) is 0. The molecular formula is C19H19BrN8O3S. The van der Waals surface area contributed by atoms with E-state index in [0.29, 0.717) is 18.2 Å². The normalized spacial score (nSPS) is 26.1. The number of aliphatic hydroxyl groups is 1. The van der Waals surface area contributed by atoms with E-state index in [4.69, 9.17) is 9.68 Å². The van der Waals surface area contributed by atoms with Gasteiger partial charge < -0.3 is 9.84 Å². The summed E-state index contributed by atoms with van der Waals surface area (Å²) in [6, 6.07) is 5.94. The van der Waals surface area contributed by atoms with Crippen LogP contribution in [0.1, 0.15) is 28.9 Å². The molecule has 0 spiro atoms. The molecule has 4 unspecified atom stereocenters. The van der Waals surface area contributed by atoms with Crippen molar-refractivity contribution in [3.05, 3.63) is 51.7 Å². The third kappa shape index (κ3) is 3.28. The van der Waals surface area contributed by atoms with Gasteiger partial charge in [0.05, 0.1) is 38.1 Å². The van der Waals surface area contributed by atoms with Gasteiger partial charge in [-0.05, 0) is 48.0 Å². The van der Waals surface area contributed by atoms with E-state index in [2.05, 4.69) is 41.6 Å². The monoisotopic (exact) mass is 518 g/mol. The molecule has 2 aliphatic rings. The smallest absolute Gasteiger partial charge is 0.164 e. The zero-order chi connectivity index (χ0) is 22.0. The van der Waals surface area contributed by atoms with Crippen LogP contribution in [-0.4, -0.2) is 58.6 Å². The number of thiazole rings is 1. The number of halogens is 1. The van der Waals surface area contributed by atoms with E-state index >= 15 is 0 Å². The maximum atomic E-state index is 11.4. The number of aryl methyl sites for hydroxylation is 2. The fourth-order valence-electron chi connectivity index (χ4n) is 4.13. The van der Waals surface area contributed by atoms with Crippen molar-refractivity contribution in [3.8, 4) is 5.69 Å². The first kappa shape index (κ1) is 20.4. The lowest BCUT2D eigenvalue weighted by Crippen LogP contribution is -2.53. The fourth-order valence-corrected chi connectivity index (χ4v) is 5.29. The average molecular weight is 519 g/mol. The zero-order valence-corrected chi connectivity index (χ0v) is 19.5. The summed E-state index contributed by atoms with van der Waals surface area (Å²) in [4.78, 5) is 14.7. The molecule has 166 valence electrons. The van der Waals surface area contributed by atoms with Crippen molar-refractivity contribution in [2.45, 2.75) is 38.4 Å². The molecule has 2 saturated heterocycles. The van der Waals surface area contributed by atoms with Gasteiger partial charge in [-0.2, -0.15) is 15.7 Å². The Morgan fingerprint density at radius 1 is 1.28 bits per heavy atom. The van der Waals surface area contributed by atoms with Crippen LogP contribution in [0.2, 0.25) is 0 Å². The number of benzene rings is 1. The average Bonchev–Trinajstić information content (AvgIpc) is 3.53. The molecule has 0 amide bonds. The molecule has 2 fully saturated rings. The molecule has 5 heterocycles. The maximum absolute atomic E-state index is 11.4. The van der Waals surface area contributed by atoms with Gasteiger partial charge in [0.15, 0.2) is 18.2 Å². The number of ether oxygens (including phenoxy) is 1. The molecule has 3 aromatic heterocycles. The summed E-state index contributed by atoms with van der Waals surface area (Å²) in [6.07, 6.45) is 0.590. The van der Waals surface area contributed by atoms with Crippen molar-refractivity contribution in [3.63, 3.8) is 0 Å². The third-order valence-electron chi connectivity index (χ3n) is 5.45. The molecule has 4 aromatic rings. The minimum absolute atomic E-state index is 0.432. The Bertz CT molecular complexity index is 1300. The quantitative estimate of drug-likeness (QED) is 0.420. The standard InChI is InChI=1S/C19H19BrN8O3S/c1-9-23-18(27(25-9)12-3-4-13-14(5-12)32-10(2)24-13)17-16(29)19(26-8-11(20)6-21-26)28-15(30-17)7-22-31-28/h3-6,8,15-17,19,22,29H,7H2,1-2H3. The van der Waals surface area contributed by atoms with Crippen LogP contribution in [0.15, 0.2) is 35.1 Å². The molecule has 2 N–H and O–H groups in total. The Kier molecular flexibility index (Phi) is 4.87. The lowest BCUT2D eigenvalue weighted by Gasteiger charge is -2.41. The second-order valence-corrected chi connectivity index (χ2v) is 9.82. The molecule has 0 saturated carbocycles. The Morgan fingerprint density at radius 3 is 2.97 bits per heavy atom. The summed E-state index contributed by atoms with van der Waals surface area (Å²) >= 11 is 5.04. The number of hydrogen-bond donors (Lipinski definition) is 2. The topological polar surface area (TPSA) is 115 Å². The Labute approximate surface area is 194 Å². The van der Waals surface area contributed by atoms with Gasteiger partial charge >= 0.3 is 0 Å². The first-order valence-corrected chi connectivity index (χ1v) is 11.6. The van der Waals surface area contributed by atoms with Crippen LogP contribution < -0.4 is 5.48 Å². The van der Waals surface area contributed by atoms with Gasteiger partial charge in [-0.15, -0.1) is 16.4 Å². The number of fused-ring (bicyclic) bond motifs is 2. The van der Waals surface area contributed by atoms with E-state index in [1.54, 1.807) is 38.2 Å². The minimum Gasteiger partial charge on any atom is -0.386 e. The number of nitrogens with zero attached hydrogens (tertiary/aromatic N) is 7. The Hall–Kier alpha value is -2.26. The SMILES string of the molecule is Cc1nc(C2OC3CNON3C(n3cc(Br)cn3)C2O)n(-c2ccc3nc(C)sc3c2)n1. The molecule has 0 aliphatic carbocycles. The highest BCUT2D eigenvalue weighted by atomic mass is 79.9. The van der Waals surface area contributed by atoms with E-state index in [0.717, 1.165) is 25.4 Å². The second-order valence-electron chi connectivity index (χ2n) is 7.67. The zero-order valence-electron chi connectivity index (χ0n) is 17.1. The van der Waals surface area contributed by atoms with Gasteiger partial charge in [0.2, 0.25) is 0 Å². The van der Waals surface area contributed by atoms with E-state index in [-0.39, 0.29) is 0 Å². The van der Waals surface area contributed by atoms with E-state index in [1.165, 1.54) is 0 Å². The number of hydroxylamine groups is 3. The van der Waals surface area contributed by atoms with Gasteiger partial charge in [0, 0.05) is 6.20 Å². The van der Waals surface area contributed by atoms with Gasteiger partial charge in [0.25, 0.3) is 0 Å². The van der Waals surface area contributed by atoms with Crippen molar-refractivity contribution < 1.29 is 14.8 Å². The molecule has 13 heteroatoms. The molecular weight excluding hydrogens is 500 g/mol. The van der Waals surface area contributed by atoms with Gasteiger partial charge in [-0.3, -0.25) is 0 Å². The highest BCUT2D eigenvalue weighted by molar-refractivity contribution is 9.10. The highest BCUT2D eigenvalue weighted by Gasteiger charge is 2.50. The lowest BCUT2D eigenvalue weighted by molar-refractivity contribution is -0.332. The molecule has 0 bridgehead atoms. The summed E-state index contributed by atoms with van der Waals surface area (Å²) in [5.74, 6) is 1.09. The largest absolute Gasteiger partial charge is 0.386 e. The Balaban J connectivity index is 1.43. The van der Waals surface area contributed by atoms with E-state index < -0.39 is 24.6 Å². The van der Waals surface area contributed by atoms with Crippen molar-refractivity contribution in [2.24, 2.45) is 0 Å². The first-order valence-electron chi connectivity index (χ1n) is 10.0. The van der Waals surface area contributed by atoms with Crippen molar-refractivity contribution >= 4 is 37.5 Å². The number of aliphatic hydroxyl groups excluding tert-OH is 1. The molecule has 4 atom stereocenters. The van der Waals surface area contributed by atoms with Crippen LogP contribution >= 0.6 is 27.3 Å². The van der Waals surface area contributed by atoms with Crippen LogP contribution in [0, 0.1) is 13.8 Å². The molecule has 2 aliphatic heterocycles. The Morgan fingerprint density at radius 2 is 2.16 bits per heavy atom. The van der Waals surface area contributed by atoms with Crippen molar-refractivity contribution in [1.82, 2.24) is 40.1 Å². The van der Waals surface area contributed by atoms with Crippen LogP contribution in [0.5, 0.6) is 0 Å². The van der Waals surface area contributed by atoms with Crippen LogP contribution in [0.3, 0.4) is 0 Å². The van der Waals surface area contributed by atoms with Gasteiger partial charge in [0.1, 0.15) is 18.0 Å². The number of hydrogen-bond acceptors (Lipinski definition) is 10. The van der Waals surface area contributed by atoms with Crippen LogP contribution in [0.25, 0.3) is 15.9 Å². The third-order valence-corrected chi connectivity index (χ3v) is 6.79. The van der Waals surface area contributed by atoms with Crippen LogP contribution in [0.4, 0.5) is 0 Å². The fraction of sp³-hybridized carbons (Fsp3) is 0.368. The second kappa shape index (κ2) is 7.66. The highest BCUT2D eigenvalue weighted by Crippen LogP contribution is 2.39. The summed E-state index contributed by atoms with van der Waals surface area (Å²) in [6.45, 7) is 4.24. The van der Waals surface area contributed by atoms with Crippen molar-refractivity contribution in [2.75, 3.05) is 6.54 Å². The maximum Gasteiger partial charge on any atom is 0.164 e. The molecule has 0 radical (unpaired) electrons. The lowest BCUT2D eigenvalue weighted by atomic mass is 10.1. The summed E-state index contributed by atoms with van der Waals surface area (Å²) in [5.41, 5.74) is 4.60. The predicted molar refractivity (Wildman–Crippen MR) is 118 cm³/mol. The minimum atomic E-state index is -1.03. The summed E-state index contributed by atoms with van der Waals surface area (Å²) < 4.78 is 11.5. The predicted octanol–water partition coefficient (Wildman–Crippen LogP) is 2.16. The molecule has 32 heavy (non-hydrogen) atoms. The van der Waals surface area contributed by atoms with Gasteiger partial charge in [-0.1, -0.05) is 0 Å². The van der Waals surface area contributed by atoms with Crippen LogP contribution in [-0.2, 0) is 9.68 Å². The van der Waals surface area contributed by atoms with Gasteiger partial charge in [-0.25, -0.2) is 24.3 Å². The van der Waals surface area contributed by atoms with E-state index in [9.17, 15) is 5.11 Å².